The Morgan fingerprint density at radius 2 is 1.94 bits per heavy atom. The molecule has 1 aliphatic rings. The highest BCUT2D eigenvalue weighted by molar-refractivity contribution is 5.23. The molecule has 2 unspecified atom stereocenters. The molecule has 0 saturated heterocycles. The van der Waals surface area contributed by atoms with Crippen molar-refractivity contribution in [3.05, 3.63) is 35.9 Å². The zero-order chi connectivity index (χ0) is 11.4. The van der Waals surface area contributed by atoms with Crippen molar-refractivity contribution in [3.63, 3.8) is 0 Å². The average molecular weight is 217 g/mol. The van der Waals surface area contributed by atoms with Crippen molar-refractivity contribution >= 4 is 0 Å². The van der Waals surface area contributed by atoms with Crippen LogP contribution in [0.2, 0.25) is 0 Å². The largest absolute Gasteiger partial charge is 0.314 e. The summed E-state index contributed by atoms with van der Waals surface area (Å²) in [6.07, 6.45) is 4.05. The molecule has 1 N–H and O–H groups in total. The highest BCUT2D eigenvalue weighted by atomic mass is 14.9. The molecule has 1 nitrogen and oxygen atoms in total. The van der Waals surface area contributed by atoms with E-state index in [1.807, 2.05) is 0 Å². The molecule has 1 heteroatoms. The maximum absolute atomic E-state index is 3.65. The molecule has 0 amide bonds. The standard InChI is InChI=1S/C15H23N/c1-3-11-16-12(2)15(14-9-10-14)13-7-5-4-6-8-13/h4-8,12,14-16H,3,9-11H2,1-2H3. The minimum Gasteiger partial charge on any atom is -0.314 e. The van der Waals surface area contributed by atoms with Gasteiger partial charge in [0.2, 0.25) is 0 Å². The molecule has 0 aliphatic heterocycles. The lowest BCUT2D eigenvalue weighted by Crippen LogP contribution is -2.33. The van der Waals surface area contributed by atoms with Crippen LogP contribution in [-0.2, 0) is 0 Å². The van der Waals surface area contributed by atoms with Crippen LogP contribution in [0.3, 0.4) is 0 Å². The molecular weight excluding hydrogens is 194 g/mol. The summed E-state index contributed by atoms with van der Waals surface area (Å²) < 4.78 is 0. The quantitative estimate of drug-likeness (QED) is 0.768. The minimum atomic E-state index is 0.606. The van der Waals surface area contributed by atoms with Crippen LogP contribution >= 0.6 is 0 Å². The molecular formula is C15H23N. The molecule has 1 fully saturated rings. The van der Waals surface area contributed by atoms with Gasteiger partial charge in [-0.25, -0.2) is 0 Å². The van der Waals surface area contributed by atoms with Crippen LogP contribution in [0.1, 0.15) is 44.6 Å². The van der Waals surface area contributed by atoms with E-state index in [1.165, 1.54) is 24.8 Å². The predicted molar refractivity (Wildman–Crippen MR) is 69.7 cm³/mol. The first kappa shape index (κ1) is 11.7. The second kappa shape index (κ2) is 5.49. The molecule has 16 heavy (non-hydrogen) atoms. The van der Waals surface area contributed by atoms with Gasteiger partial charge >= 0.3 is 0 Å². The minimum absolute atomic E-state index is 0.606. The first-order valence-corrected chi connectivity index (χ1v) is 6.61. The van der Waals surface area contributed by atoms with Gasteiger partial charge in [0.05, 0.1) is 0 Å². The molecule has 0 spiro atoms. The van der Waals surface area contributed by atoms with Crippen molar-refractivity contribution in [2.45, 2.75) is 45.1 Å². The summed E-state index contributed by atoms with van der Waals surface area (Å²) in [5.74, 6) is 1.63. The van der Waals surface area contributed by atoms with E-state index >= 15 is 0 Å². The summed E-state index contributed by atoms with van der Waals surface area (Å²) in [5.41, 5.74) is 1.51. The van der Waals surface area contributed by atoms with Crippen LogP contribution in [0.4, 0.5) is 0 Å². The fourth-order valence-electron chi connectivity index (χ4n) is 2.60. The topological polar surface area (TPSA) is 12.0 Å². The second-order valence-corrected chi connectivity index (χ2v) is 5.02. The molecule has 0 aromatic heterocycles. The SMILES string of the molecule is CCCNC(C)C(c1ccccc1)C1CC1. The van der Waals surface area contributed by atoms with Gasteiger partial charge in [-0.2, -0.15) is 0 Å². The van der Waals surface area contributed by atoms with E-state index < -0.39 is 0 Å². The van der Waals surface area contributed by atoms with Gasteiger partial charge in [0.15, 0.2) is 0 Å². The molecule has 1 aliphatic carbocycles. The van der Waals surface area contributed by atoms with Crippen LogP contribution in [0.5, 0.6) is 0 Å². The highest BCUT2D eigenvalue weighted by Crippen LogP contribution is 2.44. The lowest BCUT2D eigenvalue weighted by Gasteiger charge is -2.25. The molecule has 0 radical (unpaired) electrons. The summed E-state index contributed by atoms with van der Waals surface area (Å²) >= 11 is 0. The van der Waals surface area contributed by atoms with Crippen molar-refractivity contribution < 1.29 is 0 Å². The Kier molecular flexibility index (Phi) is 4.00. The molecule has 88 valence electrons. The number of rotatable bonds is 6. The summed E-state index contributed by atoms with van der Waals surface area (Å²) in [5, 5.41) is 3.65. The molecule has 2 atom stereocenters. The Balaban J connectivity index is 2.05. The van der Waals surface area contributed by atoms with Gasteiger partial charge in [-0.3, -0.25) is 0 Å². The third-order valence-corrected chi connectivity index (χ3v) is 3.57. The van der Waals surface area contributed by atoms with Crippen LogP contribution < -0.4 is 5.32 Å². The van der Waals surface area contributed by atoms with E-state index in [2.05, 4.69) is 49.5 Å². The molecule has 1 aromatic rings. The first-order valence-electron chi connectivity index (χ1n) is 6.61. The molecule has 1 aromatic carbocycles. The van der Waals surface area contributed by atoms with Crippen LogP contribution in [0.15, 0.2) is 30.3 Å². The third-order valence-electron chi connectivity index (χ3n) is 3.57. The Morgan fingerprint density at radius 1 is 1.25 bits per heavy atom. The van der Waals surface area contributed by atoms with Gasteiger partial charge in [0, 0.05) is 12.0 Å². The van der Waals surface area contributed by atoms with Crippen LogP contribution in [0, 0.1) is 5.92 Å². The molecule has 0 bridgehead atoms. The molecule has 2 rings (SSSR count). The van der Waals surface area contributed by atoms with Crippen molar-refractivity contribution in [1.29, 1.82) is 0 Å². The van der Waals surface area contributed by atoms with E-state index in [4.69, 9.17) is 0 Å². The average Bonchev–Trinajstić information content (AvgIpc) is 3.12. The van der Waals surface area contributed by atoms with E-state index in [0.717, 1.165) is 12.5 Å². The summed E-state index contributed by atoms with van der Waals surface area (Å²) in [7, 11) is 0. The number of hydrogen-bond acceptors (Lipinski definition) is 1. The van der Waals surface area contributed by atoms with E-state index in [1.54, 1.807) is 0 Å². The van der Waals surface area contributed by atoms with Gasteiger partial charge in [-0.15, -0.1) is 0 Å². The van der Waals surface area contributed by atoms with Crippen molar-refractivity contribution in [3.8, 4) is 0 Å². The fourth-order valence-corrected chi connectivity index (χ4v) is 2.60. The first-order chi connectivity index (χ1) is 7.83. The lowest BCUT2D eigenvalue weighted by atomic mass is 9.88. The molecule has 1 saturated carbocycles. The summed E-state index contributed by atoms with van der Waals surface area (Å²) in [6, 6.07) is 11.6. The van der Waals surface area contributed by atoms with Gasteiger partial charge in [-0.1, -0.05) is 37.3 Å². The number of hydrogen-bond donors (Lipinski definition) is 1. The maximum atomic E-state index is 3.65. The number of benzene rings is 1. The maximum Gasteiger partial charge on any atom is 0.0110 e. The zero-order valence-electron chi connectivity index (χ0n) is 10.4. The normalized spacial score (nSPS) is 19.4. The lowest BCUT2D eigenvalue weighted by molar-refractivity contribution is 0.425. The summed E-state index contributed by atoms with van der Waals surface area (Å²) in [4.78, 5) is 0. The van der Waals surface area contributed by atoms with E-state index in [9.17, 15) is 0 Å². The molecule has 0 heterocycles. The van der Waals surface area contributed by atoms with Crippen molar-refractivity contribution in [2.75, 3.05) is 6.54 Å². The Morgan fingerprint density at radius 3 is 2.50 bits per heavy atom. The fraction of sp³-hybridized carbons (Fsp3) is 0.600. The third kappa shape index (κ3) is 2.85. The van der Waals surface area contributed by atoms with Crippen LogP contribution in [0.25, 0.3) is 0 Å². The Hall–Kier alpha value is -0.820. The predicted octanol–water partition coefficient (Wildman–Crippen LogP) is 3.57. The van der Waals surface area contributed by atoms with Crippen molar-refractivity contribution in [1.82, 2.24) is 5.32 Å². The monoisotopic (exact) mass is 217 g/mol. The Labute approximate surface area is 99.3 Å². The van der Waals surface area contributed by atoms with E-state index in [0.29, 0.717) is 12.0 Å². The van der Waals surface area contributed by atoms with Gasteiger partial charge in [0.1, 0.15) is 0 Å². The van der Waals surface area contributed by atoms with Gasteiger partial charge in [-0.05, 0) is 44.2 Å². The smallest absolute Gasteiger partial charge is 0.0110 e. The van der Waals surface area contributed by atoms with Crippen LogP contribution in [-0.4, -0.2) is 12.6 Å². The van der Waals surface area contributed by atoms with Crippen molar-refractivity contribution in [2.24, 2.45) is 5.92 Å². The van der Waals surface area contributed by atoms with Gasteiger partial charge < -0.3 is 5.32 Å². The summed E-state index contributed by atoms with van der Waals surface area (Å²) in [6.45, 7) is 5.71. The van der Waals surface area contributed by atoms with Gasteiger partial charge in [0.25, 0.3) is 0 Å². The second-order valence-electron chi connectivity index (χ2n) is 5.02. The van der Waals surface area contributed by atoms with E-state index in [-0.39, 0.29) is 0 Å². The highest BCUT2D eigenvalue weighted by Gasteiger charge is 2.35. The Bertz CT molecular complexity index is 302. The zero-order valence-corrected chi connectivity index (χ0v) is 10.4. The number of nitrogens with one attached hydrogen (secondary N) is 1.